The minimum atomic E-state index is -4.65. The number of hydrogen-bond acceptors (Lipinski definition) is 8. The molecule has 0 aliphatic rings. The van der Waals surface area contributed by atoms with Crippen LogP contribution in [0.4, 0.5) is 0 Å². The second-order valence-electron chi connectivity index (χ2n) is 15.5. The van der Waals surface area contributed by atoms with Crippen LogP contribution in [0.25, 0.3) is 0 Å². The van der Waals surface area contributed by atoms with Crippen LogP contribution in [0.5, 0.6) is 0 Å². The molecule has 0 spiro atoms. The Hall–Kier alpha value is -3.89. The molecule has 0 saturated carbocycles. The monoisotopic (exact) mass is 924 g/mol. The molecule has 0 fully saturated rings. The number of unbranched alkanes of at least 4 members (excludes halogenated alkanes) is 8. The number of carbonyl (C=O) groups is 2. The summed E-state index contributed by atoms with van der Waals surface area (Å²) in [5, 5.41) is 8.92. The number of nitrogens with two attached hydrogens (primary N) is 1. The van der Waals surface area contributed by atoms with Crippen molar-refractivity contribution in [3.63, 3.8) is 0 Å². The molecule has 0 saturated heterocycles. The summed E-state index contributed by atoms with van der Waals surface area (Å²) >= 11 is 0. The first-order valence-corrected chi connectivity index (χ1v) is 25.7. The summed E-state index contributed by atoms with van der Waals surface area (Å²) < 4.78 is 33.4. The van der Waals surface area contributed by atoms with Crippen LogP contribution in [0.2, 0.25) is 0 Å². The minimum absolute atomic E-state index is 0.0379. The first-order chi connectivity index (χ1) is 31.7. The Morgan fingerprint density at radius 2 is 0.846 bits per heavy atom. The lowest BCUT2D eigenvalue weighted by Gasteiger charge is -2.20. The van der Waals surface area contributed by atoms with Gasteiger partial charge in [-0.05, 0) is 103 Å². The van der Waals surface area contributed by atoms with E-state index in [1.165, 1.54) is 12.8 Å². The number of rotatable bonds is 44. The standard InChI is InChI=1S/C54H86NO9P/c1-3-5-7-9-11-13-15-17-19-21-23-25-26-27-28-30-32-34-36-38-40-42-44-46-53(56)64-51(49-62-65(59,60)63-50-52(55)54(57)58)48-61-47-45-43-41-39-37-35-33-31-29-24-22-20-18-16-14-12-10-8-6-4-2/h5-8,11-14,17-20,23-25,27-29,33,35,39,41,51-52H,3-4,9-10,15-16,21-22,26,30-32,34,36-38,40,42-50,55H2,1-2H3,(H,57,58)(H,59,60)/b7-5-,8-6-,13-11-,14-12-,19-17-,20-18-,25-23-,28-27-,29-24-,35-33-,41-39-. The van der Waals surface area contributed by atoms with Gasteiger partial charge in [-0.3, -0.25) is 18.6 Å². The maximum Gasteiger partial charge on any atom is 0.472 e. The Morgan fingerprint density at radius 1 is 0.492 bits per heavy atom. The van der Waals surface area contributed by atoms with Gasteiger partial charge in [-0.2, -0.15) is 0 Å². The molecule has 0 aromatic rings. The summed E-state index contributed by atoms with van der Waals surface area (Å²) in [5.41, 5.74) is 5.36. The van der Waals surface area contributed by atoms with Gasteiger partial charge in [-0.25, -0.2) is 4.57 Å². The highest BCUT2D eigenvalue weighted by atomic mass is 31.2. The summed E-state index contributed by atoms with van der Waals surface area (Å²) in [7, 11) is -4.65. The number of aliphatic carboxylic acids is 1. The largest absolute Gasteiger partial charge is 0.480 e. The van der Waals surface area contributed by atoms with Gasteiger partial charge in [0.2, 0.25) is 0 Å². The molecule has 0 radical (unpaired) electrons. The number of esters is 1. The lowest BCUT2D eigenvalue weighted by molar-refractivity contribution is -0.154. The van der Waals surface area contributed by atoms with Crippen molar-refractivity contribution in [1.29, 1.82) is 0 Å². The summed E-state index contributed by atoms with van der Waals surface area (Å²) in [5.74, 6) is -1.83. The second-order valence-corrected chi connectivity index (χ2v) is 16.9. The van der Waals surface area contributed by atoms with E-state index < -0.39 is 45.1 Å². The van der Waals surface area contributed by atoms with E-state index in [2.05, 4.69) is 148 Å². The van der Waals surface area contributed by atoms with E-state index >= 15 is 0 Å². The van der Waals surface area contributed by atoms with Crippen LogP contribution in [0.3, 0.4) is 0 Å². The summed E-state index contributed by atoms with van der Waals surface area (Å²) in [6.07, 6.45) is 68.0. The molecule has 4 N–H and O–H groups in total. The number of hydrogen-bond donors (Lipinski definition) is 3. The number of carboxylic acid groups (broad SMARTS) is 1. The third-order valence-corrected chi connectivity index (χ3v) is 10.4. The van der Waals surface area contributed by atoms with E-state index in [9.17, 15) is 19.0 Å². The fourth-order valence-corrected chi connectivity index (χ4v) is 6.54. The fourth-order valence-electron chi connectivity index (χ4n) is 5.76. The summed E-state index contributed by atoms with van der Waals surface area (Å²) in [6.45, 7) is 3.46. The van der Waals surface area contributed by atoms with Gasteiger partial charge < -0.3 is 25.2 Å². The maximum atomic E-state index is 12.7. The number of allylic oxidation sites excluding steroid dienone is 22. The van der Waals surface area contributed by atoms with E-state index in [0.29, 0.717) is 13.0 Å². The molecule has 0 bridgehead atoms. The van der Waals surface area contributed by atoms with Crippen molar-refractivity contribution in [2.45, 2.75) is 167 Å². The van der Waals surface area contributed by atoms with Gasteiger partial charge in [0.1, 0.15) is 12.1 Å². The zero-order valence-electron chi connectivity index (χ0n) is 40.0. The molecule has 0 aromatic heterocycles. The van der Waals surface area contributed by atoms with Crippen molar-refractivity contribution in [2.75, 3.05) is 26.4 Å². The lowest BCUT2D eigenvalue weighted by atomic mass is 10.1. The van der Waals surface area contributed by atoms with E-state index in [1.807, 2.05) is 0 Å². The lowest BCUT2D eigenvalue weighted by Crippen LogP contribution is -2.34. The van der Waals surface area contributed by atoms with Gasteiger partial charge in [0.15, 0.2) is 0 Å². The number of phosphoric ester groups is 1. The topological polar surface area (TPSA) is 155 Å². The van der Waals surface area contributed by atoms with Gasteiger partial charge in [-0.15, -0.1) is 0 Å². The molecule has 0 aromatic carbocycles. The van der Waals surface area contributed by atoms with E-state index in [1.54, 1.807) is 0 Å². The van der Waals surface area contributed by atoms with Crippen molar-refractivity contribution in [3.05, 3.63) is 134 Å². The maximum absolute atomic E-state index is 12.7. The normalized spacial score (nSPS) is 14.9. The van der Waals surface area contributed by atoms with Crippen molar-refractivity contribution in [3.8, 4) is 0 Å². The number of ether oxygens (including phenoxy) is 2. The van der Waals surface area contributed by atoms with Crippen LogP contribution in [0.1, 0.15) is 155 Å². The SMILES string of the molecule is CC/C=C\C/C=C\C/C=C\C/C=C\C/C=C\C/C=C\CCCOCC(COP(=O)(O)OCC(N)C(=O)O)OC(=O)CCCCCCCCC/C=C\C/C=C\C/C=C\C/C=C\C/C=C\CC. The molecule has 0 amide bonds. The summed E-state index contributed by atoms with van der Waals surface area (Å²) in [4.78, 5) is 33.7. The molecule has 0 heterocycles. The molecular formula is C54H86NO9P. The van der Waals surface area contributed by atoms with Crippen LogP contribution in [-0.4, -0.2) is 60.5 Å². The van der Waals surface area contributed by atoms with Gasteiger partial charge in [0.25, 0.3) is 0 Å². The third kappa shape index (κ3) is 47.9. The highest BCUT2D eigenvalue weighted by molar-refractivity contribution is 7.47. The van der Waals surface area contributed by atoms with Crippen LogP contribution in [-0.2, 0) is 32.7 Å². The Labute approximate surface area is 394 Å². The first kappa shape index (κ1) is 61.1. The first-order valence-electron chi connectivity index (χ1n) is 24.2. The zero-order chi connectivity index (χ0) is 47.6. The summed E-state index contributed by atoms with van der Waals surface area (Å²) in [6, 6.07) is -1.49. The molecule has 366 valence electrons. The number of carboxylic acids is 1. The molecule has 0 aliphatic heterocycles. The molecule has 3 atom stereocenters. The molecule has 65 heavy (non-hydrogen) atoms. The fraction of sp³-hybridized carbons (Fsp3) is 0.556. The number of carbonyl (C=O) groups excluding carboxylic acids is 1. The predicted octanol–water partition coefficient (Wildman–Crippen LogP) is 14.2. The van der Waals surface area contributed by atoms with Crippen molar-refractivity contribution >= 4 is 19.8 Å². The van der Waals surface area contributed by atoms with Gasteiger partial charge >= 0.3 is 19.8 Å². The minimum Gasteiger partial charge on any atom is -0.480 e. The van der Waals surface area contributed by atoms with Crippen LogP contribution >= 0.6 is 7.82 Å². The average molecular weight is 924 g/mol. The average Bonchev–Trinajstić information content (AvgIpc) is 3.29. The molecule has 3 unspecified atom stereocenters. The second kappa shape index (κ2) is 48.1. The Balaban J connectivity index is 4.34. The predicted molar refractivity (Wildman–Crippen MR) is 272 cm³/mol. The van der Waals surface area contributed by atoms with Crippen LogP contribution in [0.15, 0.2) is 134 Å². The van der Waals surface area contributed by atoms with Gasteiger partial charge in [0.05, 0.1) is 19.8 Å². The van der Waals surface area contributed by atoms with Gasteiger partial charge in [0, 0.05) is 13.0 Å². The molecule has 11 heteroatoms. The quantitative estimate of drug-likeness (QED) is 0.0233. The Bertz CT molecular complexity index is 1540. The van der Waals surface area contributed by atoms with E-state index in [4.69, 9.17) is 29.4 Å². The van der Waals surface area contributed by atoms with Crippen molar-refractivity contribution in [1.82, 2.24) is 0 Å². The smallest absolute Gasteiger partial charge is 0.472 e. The third-order valence-electron chi connectivity index (χ3n) is 9.43. The van der Waals surface area contributed by atoms with Crippen LogP contribution in [0, 0.1) is 0 Å². The van der Waals surface area contributed by atoms with Crippen molar-refractivity contribution < 1.29 is 42.7 Å². The number of phosphoric acid groups is 1. The zero-order valence-corrected chi connectivity index (χ0v) is 40.9. The molecule has 10 nitrogen and oxygen atoms in total. The molecule has 0 rings (SSSR count). The van der Waals surface area contributed by atoms with Crippen LogP contribution < -0.4 is 5.73 Å². The van der Waals surface area contributed by atoms with E-state index in [-0.39, 0.29) is 13.0 Å². The van der Waals surface area contributed by atoms with Gasteiger partial charge in [-0.1, -0.05) is 180 Å². The molecular weight excluding hydrogens is 838 g/mol. The van der Waals surface area contributed by atoms with E-state index in [0.717, 1.165) is 116 Å². The Kier molecular flexibility index (Phi) is 45.2. The highest BCUT2D eigenvalue weighted by Gasteiger charge is 2.27. The van der Waals surface area contributed by atoms with Crippen molar-refractivity contribution in [2.24, 2.45) is 5.73 Å². The highest BCUT2D eigenvalue weighted by Crippen LogP contribution is 2.43. The Morgan fingerprint density at radius 3 is 1.26 bits per heavy atom. The molecule has 0 aliphatic carbocycles.